The molecule has 0 aliphatic carbocycles. The Morgan fingerprint density at radius 2 is 2.00 bits per heavy atom. The number of nitrogens with zero attached hydrogens (tertiary/aromatic N) is 2. The predicted octanol–water partition coefficient (Wildman–Crippen LogP) is 3.87. The Bertz CT molecular complexity index is 887. The van der Waals surface area contributed by atoms with Gasteiger partial charge in [-0.2, -0.15) is 0 Å². The van der Waals surface area contributed by atoms with Crippen molar-refractivity contribution in [3.05, 3.63) is 54.2 Å². The van der Waals surface area contributed by atoms with E-state index in [2.05, 4.69) is 10.3 Å². The number of nitrogens with one attached hydrogen (secondary N) is 1. The number of carbonyl (C=O) groups excluding carboxylic acids is 1. The quantitative estimate of drug-likeness (QED) is 0.797. The number of pyridine rings is 1. The minimum Gasteiger partial charge on any atom is -0.310 e. The van der Waals surface area contributed by atoms with E-state index >= 15 is 0 Å². The van der Waals surface area contributed by atoms with Crippen LogP contribution in [0.25, 0.3) is 16.9 Å². The van der Waals surface area contributed by atoms with Crippen LogP contribution < -0.4 is 5.32 Å². The number of fused-ring (bicyclic) bond motifs is 1. The van der Waals surface area contributed by atoms with Gasteiger partial charge in [0.15, 0.2) is 0 Å². The minimum absolute atomic E-state index is 0.00718. The Morgan fingerprint density at radius 3 is 2.74 bits per heavy atom. The summed E-state index contributed by atoms with van der Waals surface area (Å²) in [5.41, 5.74) is 0.736. The van der Waals surface area contributed by atoms with E-state index in [1.165, 1.54) is 0 Å². The van der Waals surface area contributed by atoms with Crippen molar-refractivity contribution in [3.8, 4) is 11.3 Å². The number of anilines is 1. The topological polar surface area (TPSA) is 46.4 Å². The fraction of sp³-hybridized carbons (Fsp3) is 0.176. The maximum absolute atomic E-state index is 14.1. The number of hydrogen-bond donors (Lipinski definition) is 1. The van der Waals surface area contributed by atoms with Gasteiger partial charge in [-0.1, -0.05) is 19.9 Å². The molecule has 0 radical (unpaired) electrons. The molecule has 2 heterocycles. The number of amides is 1. The third-order valence-electron chi connectivity index (χ3n) is 3.48. The van der Waals surface area contributed by atoms with Gasteiger partial charge in [0.1, 0.15) is 28.8 Å². The van der Waals surface area contributed by atoms with E-state index in [4.69, 9.17) is 0 Å². The zero-order valence-corrected chi connectivity index (χ0v) is 12.7. The van der Waals surface area contributed by atoms with Crippen molar-refractivity contribution in [2.45, 2.75) is 13.8 Å². The first-order valence-corrected chi connectivity index (χ1v) is 7.20. The molecule has 2 aromatic heterocycles. The van der Waals surface area contributed by atoms with E-state index < -0.39 is 11.6 Å². The molecule has 23 heavy (non-hydrogen) atoms. The molecule has 0 unspecified atom stereocenters. The molecule has 4 nitrogen and oxygen atoms in total. The standard InChI is InChI=1S/C17H15F2N3O/c1-10(2)17(23)21-16-15(12-9-11(18)6-7-13(12)19)20-14-5-3-4-8-22(14)16/h3-10H,1-2H3,(H,21,23). The van der Waals surface area contributed by atoms with Gasteiger partial charge in [-0.3, -0.25) is 9.20 Å². The van der Waals surface area contributed by atoms with Crippen LogP contribution in [0.2, 0.25) is 0 Å². The lowest BCUT2D eigenvalue weighted by atomic mass is 10.1. The molecular formula is C17H15F2N3O. The van der Waals surface area contributed by atoms with Crippen molar-refractivity contribution in [2.75, 3.05) is 5.32 Å². The van der Waals surface area contributed by atoms with Crippen molar-refractivity contribution < 1.29 is 13.6 Å². The van der Waals surface area contributed by atoms with Crippen LogP contribution in [-0.4, -0.2) is 15.3 Å². The minimum atomic E-state index is -0.602. The molecule has 0 aliphatic rings. The van der Waals surface area contributed by atoms with Crippen molar-refractivity contribution >= 4 is 17.4 Å². The van der Waals surface area contributed by atoms with Crippen LogP contribution in [0.15, 0.2) is 42.6 Å². The molecule has 0 aliphatic heterocycles. The molecule has 6 heteroatoms. The average molecular weight is 315 g/mol. The van der Waals surface area contributed by atoms with Crippen LogP contribution in [0.3, 0.4) is 0 Å². The molecule has 1 aromatic carbocycles. The number of hydrogen-bond acceptors (Lipinski definition) is 2. The van der Waals surface area contributed by atoms with Crippen molar-refractivity contribution in [3.63, 3.8) is 0 Å². The zero-order chi connectivity index (χ0) is 16.6. The molecule has 0 atom stereocenters. The number of imidazole rings is 1. The summed E-state index contributed by atoms with van der Waals surface area (Å²) in [5, 5.41) is 2.75. The smallest absolute Gasteiger partial charge is 0.228 e. The third-order valence-corrected chi connectivity index (χ3v) is 3.48. The number of benzene rings is 1. The number of halogens is 2. The molecule has 0 saturated heterocycles. The highest BCUT2D eigenvalue weighted by Gasteiger charge is 2.20. The van der Waals surface area contributed by atoms with Gasteiger partial charge in [0.2, 0.25) is 5.91 Å². The maximum atomic E-state index is 14.1. The molecule has 0 spiro atoms. The number of aromatic nitrogens is 2. The van der Waals surface area contributed by atoms with Crippen molar-refractivity contribution in [1.29, 1.82) is 0 Å². The highest BCUT2D eigenvalue weighted by Crippen LogP contribution is 2.31. The predicted molar refractivity (Wildman–Crippen MR) is 84.0 cm³/mol. The second-order valence-electron chi connectivity index (χ2n) is 5.51. The Kier molecular flexibility index (Phi) is 3.82. The first kappa shape index (κ1) is 15.1. The highest BCUT2D eigenvalue weighted by atomic mass is 19.1. The lowest BCUT2D eigenvalue weighted by Crippen LogP contribution is -2.19. The van der Waals surface area contributed by atoms with Gasteiger partial charge in [0.05, 0.1) is 0 Å². The summed E-state index contributed by atoms with van der Waals surface area (Å²) >= 11 is 0. The molecule has 1 N–H and O–H groups in total. The van der Waals surface area contributed by atoms with Gasteiger partial charge >= 0.3 is 0 Å². The first-order chi connectivity index (χ1) is 11.0. The summed E-state index contributed by atoms with van der Waals surface area (Å²) in [6, 6.07) is 8.44. The van der Waals surface area contributed by atoms with Crippen LogP contribution in [0.5, 0.6) is 0 Å². The average Bonchev–Trinajstić information content (AvgIpc) is 2.88. The summed E-state index contributed by atoms with van der Waals surface area (Å²) in [7, 11) is 0. The molecular weight excluding hydrogens is 300 g/mol. The van der Waals surface area contributed by atoms with Gasteiger partial charge in [-0.25, -0.2) is 13.8 Å². The Balaban J connectivity index is 2.23. The van der Waals surface area contributed by atoms with Gasteiger partial charge in [0.25, 0.3) is 0 Å². The van der Waals surface area contributed by atoms with Gasteiger partial charge in [0, 0.05) is 17.7 Å². The number of carbonyl (C=O) groups is 1. The second-order valence-corrected chi connectivity index (χ2v) is 5.51. The zero-order valence-electron chi connectivity index (χ0n) is 12.7. The van der Waals surface area contributed by atoms with Crippen LogP contribution >= 0.6 is 0 Å². The molecule has 0 fully saturated rings. The molecule has 3 aromatic rings. The van der Waals surface area contributed by atoms with Crippen LogP contribution in [0, 0.1) is 17.6 Å². The normalized spacial score (nSPS) is 11.2. The third kappa shape index (κ3) is 2.79. The lowest BCUT2D eigenvalue weighted by molar-refractivity contribution is -0.118. The molecule has 0 bridgehead atoms. The molecule has 0 saturated carbocycles. The molecule has 3 rings (SSSR count). The van der Waals surface area contributed by atoms with E-state index in [0.717, 1.165) is 18.2 Å². The summed E-state index contributed by atoms with van der Waals surface area (Å²) in [6.07, 6.45) is 1.71. The van der Waals surface area contributed by atoms with Crippen molar-refractivity contribution in [2.24, 2.45) is 5.92 Å². The fourth-order valence-electron chi connectivity index (χ4n) is 2.24. The van der Waals surface area contributed by atoms with Crippen LogP contribution in [-0.2, 0) is 4.79 Å². The van der Waals surface area contributed by atoms with Crippen molar-refractivity contribution in [1.82, 2.24) is 9.38 Å². The van der Waals surface area contributed by atoms with Gasteiger partial charge in [-0.15, -0.1) is 0 Å². The molecule has 1 amide bonds. The first-order valence-electron chi connectivity index (χ1n) is 7.20. The van der Waals surface area contributed by atoms with E-state index in [1.54, 1.807) is 42.6 Å². The molecule has 118 valence electrons. The largest absolute Gasteiger partial charge is 0.310 e. The van der Waals surface area contributed by atoms with E-state index in [0.29, 0.717) is 11.5 Å². The van der Waals surface area contributed by atoms with E-state index in [1.807, 2.05) is 0 Å². The lowest BCUT2D eigenvalue weighted by Gasteiger charge is -2.10. The highest BCUT2D eigenvalue weighted by molar-refractivity contribution is 5.95. The van der Waals surface area contributed by atoms with Gasteiger partial charge in [-0.05, 0) is 30.3 Å². The van der Waals surface area contributed by atoms with E-state index in [9.17, 15) is 13.6 Å². The monoisotopic (exact) mass is 315 g/mol. The van der Waals surface area contributed by atoms with Gasteiger partial charge < -0.3 is 5.32 Å². The maximum Gasteiger partial charge on any atom is 0.228 e. The number of rotatable bonds is 3. The summed E-state index contributed by atoms with van der Waals surface area (Å²) in [5.74, 6) is -1.33. The van der Waals surface area contributed by atoms with Crippen LogP contribution in [0.4, 0.5) is 14.6 Å². The van der Waals surface area contributed by atoms with E-state index in [-0.39, 0.29) is 23.1 Å². The second kappa shape index (κ2) is 5.79. The SMILES string of the molecule is CC(C)C(=O)Nc1c(-c2cc(F)ccc2F)nc2ccccn12. The Morgan fingerprint density at radius 1 is 1.22 bits per heavy atom. The summed E-state index contributed by atoms with van der Waals surface area (Å²) in [6.45, 7) is 3.50. The summed E-state index contributed by atoms with van der Waals surface area (Å²) < 4.78 is 29.3. The summed E-state index contributed by atoms with van der Waals surface area (Å²) in [4.78, 5) is 16.4. The van der Waals surface area contributed by atoms with Crippen LogP contribution in [0.1, 0.15) is 13.8 Å². The fourth-order valence-corrected chi connectivity index (χ4v) is 2.24. The Labute approximate surface area is 131 Å². The Hall–Kier alpha value is -2.76.